The molecule has 6 rings (SSSR count). The van der Waals surface area contributed by atoms with Crippen molar-refractivity contribution in [1.29, 1.82) is 0 Å². The lowest BCUT2D eigenvalue weighted by Gasteiger charge is -2.31. The highest BCUT2D eigenvalue weighted by Crippen LogP contribution is 2.40. The Bertz CT molecular complexity index is 1900. The summed E-state index contributed by atoms with van der Waals surface area (Å²) in [5.41, 5.74) is 5.43. The Kier molecular flexibility index (Phi) is 10.3. The van der Waals surface area contributed by atoms with E-state index in [-0.39, 0.29) is 5.69 Å². The molecule has 1 aromatic heterocycles. The van der Waals surface area contributed by atoms with Crippen LogP contribution in [0.5, 0.6) is 11.5 Å². The Hall–Kier alpha value is -5.49. The van der Waals surface area contributed by atoms with Crippen molar-refractivity contribution < 1.29 is 33.5 Å². The number of allylic oxidation sites excluding steroid dienone is 1. The second-order valence-electron chi connectivity index (χ2n) is 11.6. The number of hydrogen-bond acceptors (Lipinski definition) is 10. The molecule has 1 saturated heterocycles. The fourth-order valence-corrected chi connectivity index (χ4v) is 6.24. The van der Waals surface area contributed by atoms with Crippen LogP contribution in [-0.4, -0.2) is 67.9 Å². The molecule has 12 nitrogen and oxygen atoms in total. The van der Waals surface area contributed by atoms with Crippen LogP contribution >= 0.6 is 0 Å². The predicted octanol–water partition coefficient (Wildman–Crippen LogP) is 6.45. The van der Waals surface area contributed by atoms with E-state index in [2.05, 4.69) is 10.2 Å². The van der Waals surface area contributed by atoms with E-state index in [4.69, 9.17) is 23.9 Å². The standard InChI is InChI=1S/C37H38N4O8/c1-3-47-32-22-31(40-16-18-46-19-17-40)33(48-4-2)21-30(32)38-34(42)23-49-37(43)35-27-9-5-6-11-29(27)39-36-25(8-7-10-28(35)36)20-24-12-14-26(15-13-24)41(44)45/h5-6,9,11-15,20-22H,3-4,7-8,10,16-19,23H2,1-2H3,(H,38,42)/b25-20+. The second kappa shape index (κ2) is 15.2. The van der Waals surface area contributed by atoms with Gasteiger partial charge in [-0.05, 0) is 74.1 Å². The molecule has 1 fully saturated rings. The van der Waals surface area contributed by atoms with Gasteiger partial charge in [-0.2, -0.15) is 0 Å². The maximum atomic E-state index is 13.8. The Balaban J connectivity index is 1.25. The minimum atomic E-state index is -0.621. The molecule has 0 unspecified atom stereocenters. The van der Waals surface area contributed by atoms with Gasteiger partial charge in [-0.25, -0.2) is 9.78 Å². The van der Waals surface area contributed by atoms with E-state index in [1.165, 1.54) is 12.1 Å². The van der Waals surface area contributed by atoms with Crippen LogP contribution in [-0.2, 0) is 20.7 Å². The number of nitrogens with one attached hydrogen (secondary N) is 1. The van der Waals surface area contributed by atoms with Crippen molar-refractivity contribution in [2.75, 3.05) is 56.3 Å². The van der Waals surface area contributed by atoms with E-state index in [1.807, 2.05) is 50.3 Å². The number of nitro benzene ring substituents is 1. The molecule has 0 spiro atoms. The van der Waals surface area contributed by atoms with Crippen molar-refractivity contribution in [3.05, 3.63) is 93.2 Å². The molecule has 1 aliphatic carbocycles. The van der Waals surface area contributed by atoms with Crippen LogP contribution < -0.4 is 19.7 Å². The number of morpholine rings is 1. The zero-order chi connectivity index (χ0) is 34.3. The Labute approximate surface area is 283 Å². The van der Waals surface area contributed by atoms with Gasteiger partial charge in [0, 0.05) is 42.7 Å². The number of hydrogen-bond donors (Lipinski definition) is 1. The predicted molar refractivity (Wildman–Crippen MR) is 186 cm³/mol. The number of esters is 1. The number of aromatic nitrogens is 1. The Morgan fingerprint density at radius 3 is 2.47 bits per heavy atom. The Morgan fingerprint density at radius 1 is 1.00 bits per heavy atom. The van der Waals surface area contributed by atoms with Gasteiger partial charge in [-0.1, -0.05) is 18.2 Å². The number of nitro groups is 1. The number of amides is 1. The molecule has 1 amide bonds. The maximum Gasteiger partial charge on any atom is 0.339 e. The quantitative estimate of drug-likeness (QED) is 0.108. The third-order valence-electron chi connectivity index (χ3n) is 8.44. The molecular formula is C37H38N4O8. The second-order valence-corrected chi connectivity index (χ2v) is 11.6. The number of nitrogens with zero attached hydrogens (tertiary/aromatic N) is 3. The van der Waals surface area contributed by atoms with Gasteiger partial charge in [0.25, 0.3) is 11.6 Å². The average Bonchev–Trinajstić information content (AvgIpc) is 3.11. The fourth-order valence-electron chi connectivity index (χ4n) is 6.24. The normalized spacial score (nSPS) is 15.1. The molecule has 0 radical (unpaired) electrons. The lowest BCUT2D eigenvalue weighted by molar-refractivity contribution is -0.384. The van der Waals surface area contributed by atoms with Crippen molar-refractivity contribution in [3.8, 4) is 11.5 Å². The molecule has 49 heavy (non-hydrogen) atoms. The lowest BCUT2D eigenvalue weighted by atomic mass is 9.86. The first-order valence-electron chi connectivity index (χ1n) is 16.5. The first-order valence-corrected chi connectivity index (χ1v) is 16.5. The molecule has 1 N–H and O–H groups in total. The van der Waals surface area contributed by atoms with E-state index in [0.717, 1.165) is 35.2 Å². The van der Waals surface area contributed by atoms with Gasteiger partial charge in [-0.15, -0.1) is 0 Å². The summed E-state index contributed by atoms with van der Waals surface area (Å²) in [5.74, 6) is -0.0626. The number of non-ortho nitro benzene ring substituents is 1. The number of pyridine rings is 1. The van der Waals surface area contributed by atoms with Crippen molar-refractivity contribution in [1.82, 2.24) is 4.98 Å². The van der Waals surface area contributed by atoms with Gasteiger partial charge in [0.2, 0.25) is 0 Å². The van der Waals surface area contributed by atoms with Crippen LogP contribution in [0.2, 0.25) is 0 Å². The number of carbonyl (C=O) groups excluding carboxylic acids is 2. The first kappa shape index (κ1) is 33.4. The highest BCUT2D eigenvalue weighted by molar-refractivity contribution is 6.07. The summed E-state index contributed by atoms with van der Waals surface area (Å²) in [6.07, 6.45) is 4.05. The van der Waals surface area contributed by atoms with Crippen molar-refractivity contribution in [3.63, 3.8) is 0 Å². The van der Waals surface area contributed by atoms with Crippen molar-refractivity contribution >= 4 is 51.5 Å². The Morgan fingerprint density at radius 2 is 1.73 bits per heavy atom. The average molecular weight is 667 g/mol. The van der Waals surface area contributed by atoms with Crippen LogP contribution in [0.3, 0.4) is 0 Å². The van der Waals surface area contributed by atoms with Gasteiger partial charge in [-0.3, -0.25) is 14.9 Å². The summed E-state index contributed by atoms with van der Waals surface area (Å²) in [6.45, 7) is 6.68. The van der Waals surface area contributed by atoms with Crippen LogP contribution in [0.25, 0.3) is 22.6 Å². The molecule has 2 aliphatic rings. The number of para-hydroxylation sites is 1. The summed E-state index contributed by atoms with van der Waals surface area (Å²) in [5, 5.41) is 14.6. The van der Waals surface area contributed by atoms with Gasteiger partial charge in [0.1, 0.15) is 11.5 Å². The number of rotatable bonds is 11. The van der Waals surface area contributed by atoms with Gasteiger partial charge in [0.15, 0.2) is 6.61 Å². The van der Waals surface area contributed by atoms with Gasteiger partial charge in [0.05, 0.1) is 59.5 Å². The molecule has 4 aromatic rings. The summed E-state index contributed by atoms with van der Waals surface area (Å²) in [7, 11) is 0. The highest BCUT2D eigenvalue weighted by atomic mass is 16.6. The SMILES string of the molecule is CCOc1cc(N2CCOCC2)c(OCC)cc1NC(=O)COC(=O)c1c2c(nc3ccccc13)/C(=C/c1ccc([N+](=O)[O-])cc1)CCC2. The minimum Gasteiger partial charge on any atom is -0.492 e. The van der Waals surface area contributed by atoms with E-state index < -0.39 is 23.4 Å². The van der Waals surface area contributed by atoms with E-state index in [1.54, 1.807) is 18.2 Å². The summed E-state index contributed by atoms with van der Waals surface area (Å²) < 4.78 is 23.0. The minimum absolute atomic E-state index is 0.0123. The number of anilines is 2. The third-order valence-corrected chi connectivity index (χ3v) is 8.44. The van der Waals surface area contributed by atoms with Crippen LogP contribution in [0.15, 0.2) is 60.7 Å². The maximum absolute atomic E-state index is 13.8. The van der Waals surface area contributed by atoms with Crippen LogP contribution in [0.1, 0.15) is 53.9 Å². The molecule has 1 aliphatic heterocycles. The molecule has 3 aromatic carbocycles. The van der Waals surface area contributed by atoms with E-state index >= 15 is 0 Å². The summed E-state index contributed by atoms with van der Waals surface area (Å²) >= 11 is 0. The zero-order valence-corrected chi connectivity index (χ0v) is 27.5. The number of fused-ring (bicyclic) bond motifs is 2. The molecule has 0 bridgehead atoms. The fraction of sp³-hybridized carbons (Fsp3) is 0.324. The number of ether oxygens (including phenoxy) is 4. The van der Waals surface area contributed by atoms with Crippen molar-refractivity contribution in [2.45, 2.75) is 33.1 Å². The smallest absolute Gasteiger partial charge is 0.339 e. The largest absolute Gasteiger partial charge is 0.492 e. The molecule has 0 saturated carbocycles. The summed E-state index contributed by atoms with van der Waals surface area (Å²) in [6, 6.07) is 17.3. The van der Waals surface area contributed by atoms with Gasteiger partial charge < -0.3 is 29.2 Å². The highest BCUT2D eigenvalue weighted by Gasteiger charge is 2.27. The van der Waals surface area contributed by atoms with Crippen LogP contribution in [0.4, 0.5) is 17.1 Å². The number of carbonyl (C=O) groups is 2. The molecule has 12 heteroatoms. The van der Waals surface area contributed by atoms with Gasteiger partial charge >= 0.3 is 5.97 Å². The van der Waals surface area contributed by atoms with E-state index in [0.29, 0.717) is 85.3 Å². The topological polar surface area (TPSA) is 142 Å². The summed E-state index contributed by atoms with van der Waals surface area (Å²) in [4.78, 5) is 44.8. The van der Waals surface area contributed by atoms with E-state index in [9.17, 15) is 19.7 Å². The zero-order valence-electron chi connectivity index (χ0n) is 27.5. The third kappa shape index (κ3) is 7.49. The lowest BCUT2D eigenvalue weighted by Crippen LogP contribution is -2.36. The molecule has 0 atom stereocenters. The number of benzene rings is 3. The first-order chi connectivity index (χ1) is 23.9. The van der Waals surface area contributed by atoms with Crippen molar-refractivity contribution in [2.24, 2.45) is 0 Å². The molecule has 254 valence electrons. The monoisotopic (exact) mass is 666 g/mol. The molecular weight excluding hydrogens is 628 g/mol. The molecule has 2 heterocycles. The van der Waals surface area contributed by atoms with Crippen LogP contribution in [0, 0.1) is 10.1 Å².